The molecule has 0 radical (unpaired) electrons. The van der Waals surface area contributed by atoms with Gasteiger partial charge in [-0.3, -0.25) is 4.79 Å². The summed E-state index contributed by atoms with van der Waals surface area (Å²) in [7, 11) is 0. The number of aromatic nitrogens is 4. The van der Waals surface area contributed by atoms with Gasteiger partial charge in [-0.2, -0.15) is 0 Å². The number of thioether (sulfide) groups is 1. The molecular weight excluding hydrogens is 502 g/mol. The van der Waals surface area contributed by atoms with E-state index < -0.39 is 0 Å². The van der Waals surface area contributed by atoms with Gasteiger partial charge in [-0.15, -0.1) is 21.5 Å². The van der Waals surface area contributed by atoms with Crippen molar-refractivity contribution in [1.29, 1.82) is 0 Å². The van der Waals surface area contributed by atoms with E-state index in [9.17, 15) is 4.79 Å². The smallest absolute Gasteiger partial charge is 0.236 e. The van der Waals surface area contributed by atoms with Crippen LogP contribution in [-0.2, 0) is 23.4 Å². The number of rotatable bonds is 9. The number of carbonyl (C=O) groups is 1. The zero-order chi connectivity index (χ0) is 26.6. The van der Waals surface area contributed by atoms with Gasteiger partial charge < -0.3 is 14.6 Å². The summed E-state index contributed by atoms with van der Waals surface area (Å²) < 4.78 is 7.93. The van der Waals surface area contributed by atoms with Crippen LogP contribution in [0.25, 0.3) is 11.3 Å². The highest BCUT2D eigenvalue weighted by atomic mass is 32.2. The van der Waals surface area contributed by atoms with Gasteiger partial charge >= 0.3 is 0 Å². The molecule has 4 aromatic rings. The Bertz CT molecular complexity index is 1370. The molecule has 0 saturated heterocycles. The summed E-state index contributed by atoms with van der Waals surface area (Å²) in [4.78, 5) is 17.2. The van der Waals surface area contributed by atoms with Gasteiger partial charge in [0.1, 0.15) is 12.4 Å². The average molecular weight is 536 g/mol. The Kier molecular flexibility index (Phi) is 8.34. The third-order valence-corrected chi connectivity index (χ3v) is 7.81. The Morgan fingerprint density at radius 1 is 1.08 bits per heavy atom. The monoisotopic (exact) mass is 535 g/mol. The minimum Gasteiger partial charge on any atom is -0.486 e. The molecule has 9 heteroatoms. The first-order valence-electron chi connectivity index (χ1n) is 12.2. The Morgan fingerprint density at radius 2 is 1.84 bits per heavy atom. The summed E-state index contributed by atoms with van der Waals surface area (Å²) in [5, 5.41) is 14.7. The summed E-state index contributed by atoms with van der Waals surface area (Å²) in [6.07, 6.45) is 0. The molecule has 0 saturated carbocycles. The van der Waals surface area contributed by atoms with Crippen LogP contribution in [-0.4, -0.2) is 31.4 Å². The van der Waals surface area contributed by atoms with E-state index in [0.717, 1.165) is 22.8 Å². The molecule has 0 fully saturated rings. The summed E-state index contributed by atoms with van der Waals surface area (Å²) in [5.41, 5.74) is 5.73. The zero-order valence-electron chi connectivity index (χ0n) is 22.2. The molecule has 0 aliphatic carbocycles. The molecule has 194 valence electrons. The predicted molar refractivity (Wildman–Crippen MR) is 152 cm³/mol. The van der Waals surface area contributed by atoms with Gasteiger partial charge in [-0.05, 0) is 61.1 Å². The molecule has 1 amide bonds. The molecule has 1 N–H and O–H groups in total. The van der Waals surface area contributed by atoms with Gasteiger partial charge in [-0.25, -0.2) is 4.98 Å². The maximum Gasteiger partial charge on any atom is 0.236 e. The normalized spacial score (nSPS) is 11.5. The number of hydrogen-bond donors (Lipinski definition) is 1. The quantitative estimate of drug-likeness (QED) is 0.242. The molecule has 0 atom stereocenters. The maximum absolute atomic E-state index is 12.6. The Hall–Kier alpha value is -3.17. The van der Waals surface area contributed by atoms with Crippen molar-refractivity contribution in [3.05, 3.63) is 70.4 Å². The first-order valence-corrected chi connectivity index (χ1v) is 14.1. The zero-order valence-corrected chi connectivity index (χ0v) is 23.8. The summed E-state index contributed by atoms with van der Waals surface area (Å²) in [5.74, 6) is 1.60. The lowest BCUT2D eigenvalue weighted by Crippen LogP contribution is -2.14. The number of nitrogens with zero attached hydrogens (tertiary/aromatic N) is 4. The number of nitrogens with one attached hydrogen (secondary N) is 1. The van der Waals surface area contributed by atoms with Crippen molar-refractivity contribution in [2.45, 2.75) is 65.3 Å². The van der Waals surface area contributed by atoms with Crippen molar-refractivity contribution in [2.75, 3.05) is 11.1 Å². The number of benzene rings is 2. The van der Waals surface area contributed by atoms with E-state index in [0.29, 0.717) is 23.4 Å². The lowest BCUT2D eigenvalue weighted by molar-refractivity contribution is -0.113. The standard InChI is InChI=1S/C28H33N5O2S2/c1-7-33-24(15-35-22-12-10-21(11-13-22)28(4,5)6)31-32-27(33)37-17-25(34)30-26-29-23(16-36-26)20-9-8-18(2)19(3)14-20/h8-14,16H,7,15,17H2,1-6H3,(H,29,30,34). The topological polar surface area (TPSA) is 81.9 Å². The molecule has 2 aromatic carbocycles. The third-order valence-electron chi connectivity index (χ3n) is 6.08. The molecule has 2 aromatic heterocycles. The molecule has 0 spiro atoms. The second kappa shape index (κ2) is 11.5. The molecule has 37 heavy (non-hydrogen) atoms. The van der Waals surface area contributed by atoms with E-state index >= 15 is 0 Å². The van der Waals surface area contributed by atoms with E-state index in [4.69, 9.17) is 4.74 Å². The average Bonchev–Trinajstić information content (AvgIpc) is 3.49. The van der Waals surface area contributed by atoms with Crippen molar-refractivity contribution >= 4 is 34.1 Å². The van der Waals surface area contributed by atoms with E-state index in [2.05, 4.69) is 85.4 Å². The fourth-order valence-electron chi connectivity index (χ4n) is 3.70. The third kappa shape index (κ3) is 6.78. The van der Waals surface area contributed by atoms with Gasteiger partial charge in [0, 0.05) is 17.5 Å². The minimum absolute atomic E-state index is 0.0986. The van der Waals surface area contributed by atoms with Gasteiger partial charge in [-0.1, -0.05) is 56.8 Å². The predicted octanol–water partition coefficient (Wildman–Crippen LogP) is 6.65. The van der Waals surface area contributed by atoms with Crippen molar-refractivity contribution in [2.24, 2.45) is 0 Å². The van der Waals surface area contributed by atoms with Crippen LogP contribution in [0.5, 0.6) is 5.75 Å². The highest BCUT2D eigenvalue weighted by Crippen LogP contribution is 2.27. The van der Waals surface area contributed by atoms with Crippen LogP contribution in [0.15, 0.2) is 53.0 Å². The summed E-state index contributed by atoms with van der Waals surface area (Å²) in [6.45, 7) is 13.8. The Balaban J connectivity index is 1.32. The second-order valence-electron chi connectivity index (χ2n) is 9.88. The van der Waals surface area contributed by atoms with E-state index in [1.54, 1.807) is 0 Å². The van der Waals surface area contributed by atoms with Crippen LogP contribution in [0.1, 0.15) is 50.2 Å². The molecule has 0 aliphatic rings. The van der Waals surface area contributed by atoms with Crippen molar-refractivity contribution < 1.29 is 9.53 Å². The van der Waals surface area contributed by atoms with Gasteiger partial charge in [0.25, 0.3) is 0 Å². The fraction of sp³-hybridized carbons (Fsp3) is 0.357. The van der Waals surface area contributed by atoms with Gasteiger partial charge in [0.05, 0.1) is 11.4 Å². The summed E-state index contributed by atoms with van der Waals surface area (Å²) >= 11 is 2.77. The minimum atomic E-state index is -0.131. The van der Waals surface area contributed by atoms with Crippen LogP contribution >= 0.6 is 23.1 Å². The number of anilines is 1. The number of hydrogen-bond acceptors (Lipinski definition) is 7. The Morgan fingerprint density at radius 3 is 2.51 bits per heavy atom. The lowest BCUT2D eigenvalue weighted by atomic mass is 9.87. The lowest BCUT2D eigenvalue weighted by Gasteiger charge is -2.19. The first-order chi connectivity index (χ1) is 17.6. The van der Waals surface area contributed by atoms with Gasteiger partial charge in [0.15, 0.2) is 16.1 Å². The van der Waals surface area contributed by atoms with Crippen LogP contribution in [0, 0.1) is 13.8 Å². The number of aryl methyl sites for hydroxylation is 2. The molecule has 0 bridgehead atoms. The van der Waals surface area contributed by atoms with Crippen molar-refractivity contribution in [3.8, 4) is 17.0 Å². The van der Waals surface area contributed by atoms with Crippen LogP contribution < -0.4 is 10.1 Å². The molecule has 4 rings (SSSR count). The SMILES string of the molecule is CCn1c(COc2ccc(C(C)(C)C)cc2)nnc1SCC(=O)Nc1nc(-c2ccc(C)c(C)c2)cs1. The molecular formula is C28H33N5O2S2. The van der Waals surface area contributed by atoms with Crippen molar-refractivity contribution in [3.63, 3.8) is 0 Å². The molecule has 0 unspecified atom stereocenters. The number of thiazole rings is 1. The highest BCUT2D eigenvalue weighted by molar-refractivity contribution is 7.99. The summed E-state index contributed by atoms with van der Waals surface area (Å²) in [6, 6.07) is 14.4. The Labute approximate surface area is 226 Å². The van der Waals surface area contributed by atoms with Gasteiger partial charge in [0.2, 0.25) is 5.91 Å². The van der Waals surface area contributed by atoms with Crippen LogP contribution in [0.4, 0.5) is 5.13 Å². The fourth-order valence-corrected chi connectivity index (χ4v) is 5.26. The largest absolute Gasteiger partial charge is 0.486 e. The van der Waals surface area contributed by atoms with Crippen LogP contribution in [0.2, 0.25) is 0 Å². The number of ether oxygens (including phenoxy) is 1. The second-order valence-corrected chi connectivity index (χ2v) is 11.7. The van der Waals surface area contributed by atoms with Crippen LogP contribution in [0.3, 0.4) is 0 Å². The molecule has 7 nitrogen and oxygen atoms in total. The molecule has 0 aliphatic heterocycles. The number of amides is 1. The maximum atomic E-state index is 12.6. The van der Waals surface area contributed by atoms with Crippen molar-refractivity contribution in [1.82, 2.24) is 19.7 Å². The first kappa shape index (κ1) is 26.9. The van der Waals surface area contributed by atoms with E-state index in [1.165, 1.54) is 39.8 Å². The van der Waals surface area contributed by atoms with E-state index in [-0.39, 0.29) is 17.1 Å². The number of carbonyl (C=O) groups excluding carboxylic acids is 1. The van der Waals surface area contributed by atoms with E-state index in [1.807, 2.05) is 29.0 Å². The highest BCUT2D eigenvalue weighted by Gasteiger charge is 2.16. The molecule has 2 heterocycles.